The molecular weight excluding hydrogens is 339 g/mol. The van der Waals surface area contributed by atoms with E-state index in [1.54, 1.807) is 0 Å². The fraction of sp³-hybridized carbons (Fsp3) is 0.450. The Morgan fingerprint density at radius 3 is 2.00 bits per heavy atom. The molecule has 122 valence electrons. The first-order chi connectivity index (χ1) is 10.4. The van der Waals surface area contributed by atoms with Crippen LogP contribution in [0.1, 0.15) is 63.0 Å². The fourth-order valence-electron chi connectivity index (χ4n) is 3.16. The van der Waals surface area contributed by atoms with E-state index in [0.717, 1.165) is 5.56 Å². The van der Waals surface area contributed by atoms with E-state index in [1.165, 1.54) is 27.0 Å². The van der Waals surface area contributed by atoms with Crippen molar-refractivity contribution in [2.75, 3.05) is 0 Å². The average Bonchev–Trinajstić information content (AvgIpc) is 2.65. The molecule has 2 aromatic rings. The van der Waals surface area contributed by atoms with Crippen molar-refractivity contribution in [1.82, 2.24) is 0 Å². The summed E-state index contributed by atoms with van der Waals surface area (Å²) >= 11 is 13.8. The second kappa shape index (κ2) is 5.18. The van der Waals surface area contributed by atoms with Crippen molar-refractivity contribution in [3.05, 3.63) is 51.8 Å². The van der Waals surface area contributed by atoms with E-state index in [2.05, 4.69) is 71.9 Å². The number of hydrogen-bond acceptors (Lipinski definition) is 0. The fourth-order valence-corrected chi connectivity index (χ4v) is 5.68. The first kappa shape index (κ1) is 17.2. The van der Waals surface area contributed by atoms with Gasteiger partial charge < -0.3 is 0 Å². The molecule has 1 aliphatic carbocycles. The van der Waals surface area contributed by atoms with Gasteiger partial charge in [-0.1, -0.05) is 100 Å². The van der Waals surface area contributed by atoms with Crippen LogP contribution in [0.25, 0.3) is 11.1 Å². The molecule has 0 atom stereocenters. The Hall–Kier alpha value is -0.633. The molecule has 1 heterocycles. The van der Waals surface area contributed by atoms with Gasteiger partial charge in [0.2, 0.25) is 0 Å². The van der Waals surface area contributed by atoms with Gasteiger partial charge in [-0.3, -0.25) is 0 Å². The molecule has 23 heavy (non-hydrogen) atoms. The van der Waals surface area contributed by atoms with Crippen molar-refractivity contribution in [3.8, 4) is 11.1 Å². The molecule has 0 radical (unpaired) electrons. The summed E-state index contributed by atoms with van der Waals surface area (Å²) in [6, 6.07) is 11.1. The Morgan fingerprint density at radius 1 is 0.826 bits per heavy atom. The van der Waals surface area contributed by atoms with Gasteiger partial charge in [-0.15, -0.1) is 0 Å². The van der Waals surface area contributed by atoms with Gasteiger partial charge in [-0.25, -0.2) is 0 Å². The Bertz CT molecular complexity index is 712. The maximum atomic E-state index is 6.89. The van der Waals surface area contributed by atoms with Gasteiger partial charge in [0.25, 0.3) is 0 Å². The Morgan fingerprint density at radius 2 is 1.43 bits per heavy atom. The van der Waals surface area contributed by atoms with E-state index in [0.29, 0.717) is 0 Å². The van der Waals surface area contributed by atoms with E-state index >= 15 is 0 Å². The lowest BCUT2D eigenvalue weighted by Gasteiger charge is -2.23. The van der Waals surface area contributed by atoms with Gasteiger partial charge in [0.05, 0.1) is 0 Å². The van der Waals surface area contributed by atoms with E-state index in [1.807, 2.05) is 0 Å². The summed E-state index contributed by atoms with van der Waals surface area (Å²) < 4.78 is -0.886. The van der Waals surface area contributed by atoms with Crippen molar-refractivity contribution in [1.29, 1.82) is 0 Å². The standard InChI is InChI=1S/C20H24Cl2Si/c1-18(2,3)12-7-8-13-14-9-10-16(19(4,5)6)23-17(14)20(21,22)15(13)11-12/h7-11,23H,1-6H3. The lowest BCUT2D eigenvalue weighted by Crippen LogP contribution is -2.18. The topological polar surface area (TPSA) is 0 Å². The van der Waals surface area contributed by atoms with Crippen LogP contribution in [0, 0.1) is 0 Å². The normalized spacial score (nSPS) is 16.2. The van der Waals surface area contributed by atoms with Crippen LogP contribution in [-0.4, -0.2) is 9.12 Å². The molecule has 0 bridgehead atoms. The van der Waals surface area contributed by atoms with Gasteiger partial charge >= 0.3 is 0 Å². The van der Waals surface area contributed by atoms with E-state index < -0.39 is 4.33 Å². The summed E-state index contributed by atoms with van der Waals surface area (Å²) in [7, 11) is -0.0334. The molecule has 1 aromatic heterocycles. The zero-order valence-corrected chi connectivity index (χ0v) is 17.4. The third-order valence-corrected chi connectivity index (χ3v) is 8.32. The lowest BCUT2D eigenvalue weighted by atomic mass is 9.85. The van der Waals surface area contributed by atoms with Crippen LogP contribution in [0.5, 0.6) is 0 Å². The summed E-state index contributed by atoms with van der Waals surface area (Å²) in [6.45, 7) is 13.4. The number of halogens is 2. The molecular formula is C20H24Cl2Si. The van der Waals surface area contributed by atoms with Gasteiger partial charge in [0.1, 0.15) is 0 Å². The van der Waals surface area contributed by atoms with E-state index in [-0.39, 0.29) is 19.9 Å². The quantitative estimate of drug-likeness (QED) is 0.397. The minimum Gasteiger partial charge on any atom is -0.0913 e. The van der Waals surface area contributed by atoms with Crippen LogP contribution in [0.3, 0.4) is 0 Å². The smallest absolute Gasteiger partial charge is 0.0913 e. The van der Waals surface area contributed by atoms with Crippen LogP contribution in [0.4, 0.5) is 0 Å². The first-order valence-corrected chi connectivity index (χ1v) is 10.0. The first-order valence-electron chi connectivity index (χ1n) is 8.10. The molecule has 0 fully saturated rings. The Kier molecular flexibility index (Phi) is 3.87. The average molecular weight is 363 g/mol. The van der Waals surface area contributed by atoms with Crippen LogP contribution >= 0.6 is 23.2 Å². The van der Waals surface area contributed by atoms with Gasteiger partial charge in [0, 0.05) is 14.7 Å². The molecule has 0 saturated heterocycles. The number of benzene rings is 1. The molecule has 1 aromatic carbocycles. The molecule has 0 nitrogen and oxygen atoms in total. The summed E-state index contributed by atoms with van der Waals surface area (Å²) in [5, 5.41) is 2.68. The zero-order chi connectivity index (χ0) is 17.2. The van der Waals surface area contributed by atoms with Crippen molar-refractivity contribution in [2.45, 2.75) is 56.7 Å². The monoisotopic (exact) mass is 362 g/mol. The molecule has 3 rings (SSSR count). The Balaban J connectivity index is 2.22. The third-order valence-electron chi connectivity index (χ3n) is 4.74. The lowest BCUT2D eigenvalue weighted by molar-refractivity contribution is 0.589. The minimum atomic E-state index is -0.886. The van der Waals surface area contributed by atoms with Gasteiger partial charge in [0.15, 0.2) is 4.33 Å². The number of hydrogen-bond donors (Lipinski definition) is 0. The number of fused-ring (bicyclic) bond motifs is 3. The Labute approximate surface area is 152 Å². The molecule has 0 amide bonds. The molecule has 0 spiro atoms. The summed E-state index contributed by atoms with van der Waals surface area (Å²) in [4.78, 5) is 0. The molecule has 0 aliphatic heterocycles. The molecule has 1 aliphatic rings. The van der Waals surface area contributed by atoms with Crippen LogP contribution < -0.4 is 0 Å². The van der Waals surface area contributed by atoms with Crippen LogP contribution in [0.2, 0.25) is 0 Å². The molecule has 0 saturated carbocycles. The molecule has 0 unspecified atom stereocenters. The predicted octanol–water partition coefficient (Wildman–Crippen LogP) is 6.01. The van der Waals surface area contributed by atoms with Gasteiger partial charge in [-0.05, 0) is 32.7 Å². The highest BCUT2D eigenvalue weighted by Gasteiger charge is 2.41. The van der Waals surface area contributed by atoms with Crippen molar-refractivity contribution in [2.24, 2.45) is 0 Å². The summed E-state index contributed by atoms with van der Waals surface area (Å²) in [5.41, 5.74) is 5.04. The number of rotatable bonds is 0. The largest absolute Gasteiger partial charge is 0.165 e. The molecule has 3 heteroatoms. The second-order valence-corrected chi connectivity index (χ2v) is 11.4. The zero-order valence-electron chi connectivity index (χ0n) is 14.7. The number of alkyl halides is 2. The maximum Gasteiger partial charge on any atom is 0.165 e. The van der Waals surface area contributed by atoms with Gasteiger partial charge in [-0.2, -0.15) is 0 Å². The maximum absolute atomic E-state index is 6.89. The van der Waals surface area contributed by atoms with Crippen molar-refractivity contribution < 1.29 is 0 Å². The van der Waals surface area contributed by atoms with E-state index in [9.17, 15) is 0 Å². The SMILES string of the molecule is CC(C)(C)c1ccc2c(c1)C(Cl)(Cl)c1[siH]c(C(C)(C)C)ccc1-2. The second-order valence-electron chi connectivity index (χ2n) is 8.60. The highest BCUT2D eigenvalue weighted by molar-refractivity contribution is 6.57. The summed E-state index contributed by atoms with van der Waals surface area (Å²) in [6.07, 6.45) is 0. The van der Waals surface area contributed by atoms with Crippen LogP contribution in [-0.2, 0) is 15.2 Å². The van der Waals surface area contributed by atoms with Crippen molar-refractivity contribution >= 4 is 32.3 Å². The predicted molar refractivity (Wildman–Crippen MR) is 105 cm³/mol. The highest BCUT2D eigenvalue weighted by atomic mass is 35.5. The molecule has 0 N–H and O–H groups in total. The van der Waals surface area contributed by atoms with Crippen molar-refractivity contribution in [3.63, 3.8) is 0 Å². The van der Waals surface area contributed by atoms with Crippen LogP contribution in [0.15, 0.2) is 30.3 Å². The highest BCUT2D eigenvalue weighted by Crippen LogP contribution is 2.54. The van der Waals surface area contributed by atoms with E-state index in [4.69, 9.17) is 23.2 Å². The third kappa shape index (κ3) is 2.81. The minimum absolute atomic E-state index is 0.0334. The summed E-state index contributed by atoms with van der Waals surface area (Å²) in [5.74, 6) is 0.